The predicted molar refractivity (Wildman–Crippen MR) is 122 cm³/mol. The number of rotatable bonds is 4. The average Bonchev–Trinajstić information content (AvgIpc) is 2.85. The van der Waals surface area contributed by atoms with Gasteiger partial charge in [0.05, 0.1) is 11.4 Å². The lowest BCUT2D eigenvalue weighted by Gasteiger charge is -2.37. The summed E-state index contributed by atoms with van der Waals surface area (Å²) in [6, 6.07) is 28.9. The van der Waals surface area contributed by atoms with Gasteiger partial charge < -0.3 is 15.1 Å². The van der Waals surface area contributed by atoms with Gasteiger partial charge in [-0.05, 0) is 29.8 Å². The Kier molecular flexibility index (Phi) is 6.47. The van der Waals surface area contributed by atoms with E-state index in [0.717, 1.165) is 16.9 Å². The highest BCUT2D eigenvalue weighted by molar-refractivity contribution is 5.99. The molecule has 6 heteroatoms. The van der Waals surface area contributed by atoms with E-state index in [4.69, 9.17) is 0 Å². The highest BCUT2D eigenvalue weighted by Gasteiger charge is 2.28. The SMILES string of the molecule is O=C(NCc1ccccc1)N1CCN(C(=O)N(c2ccccc2)c2ccccc2)CC1. The van der Waals surface area contributed by atoms with Gasteiger partial charge in [0.1, 0.15) is 0 Å². The first-order valence-electron chi connectivity index (χ1n) is 10.5. The normalized spacial score (nSPS) is 13.5. The Hall–Kier alpha value is -3.80. The van der Waals surface area contributed by atoms with Crippen molar-refractivity contribution in [2.45, 2.75) is 6.54 Å². The molecule has 1 N–H and O–H groups in total. The topological polar surface area (TPSA) is 55.9 Å². The third-order valence-electron chi connectivity index (χ3n) is 5.34. The number of nitrogens with zero attached hydrogens (tertiary/aromatic N) is 3. The molecule has 6 nitrogen and oxygen atoms in total. The summed E-state index contributed by atoms with van der Waals surface area (Å²) in [4.78, 5) is 31.2. The van der Waals surface area contributed by atoms with Crippen LogP contribution >= 0.6 is 0 Å². The van der Waals surface area contributed by atoms with Crippen molar-refractivity contribution in [2.24, 2.45) is 0 Å². The van der Waals surface area contributed by atoms with Crippen LogP contribution in [0.2, 0.25) is 0 Å². The summed E-state index contributed by atoms with van der Waals surface area (Å²) in [5.74, 6) is 0. The zero-order valence-corrected chi connectivity index (χ0v) is 17.4. The molecule has 0 atom stereocenters. The van der Waals surface area contributed by atoms with Gasteiger partial charge in [-0.1, -0.05) is 66.7 Å². The van der Waals surface area contributed by atoms with Crippen LogP contribution in [-0.4, -0.2) is 48.0 Å². The van der Waals surface area contributed by atoms with Gasteiger partial charge in [0.25, 0.3) is 0 Å². The fourth-order valence-electron chi connectivity index (χ4n) is 3.65. The van der Waals surface area contributed by atoms with E-state index in [1.165, 1.54) is 0 Å². The number of para-hydroxylation sites is 2. The molecule has 0 aromatic heterocycles. The van der Waals surface area contributed by atoms with Crippen LogP contribution in [0.4, 0.5) is 21.0 Å². The van der Waals surface area contributed by atoms with Crippen LogP contribution in [0.15, 0.2) is 91.0 Å². The number of nitrogens with one attached hydrogen (secondary N) is 1. The maximum absolute atomic E-state index is 13.4. The molecule has 4 amide bonds. The minimum atomic E-state index is -0.0982. The Labute approximate surface area is 182 Å². The highest BCUT2D eigenvalue weighted by atomic mass is 16.2. The molecule has 1 fully saturated rings. The molecule has 158 valence electrons. The van der Waals surface area contributed by atoms with Gasteiger partial charge in [0.15, 0.2) is 0 Å². The van der Waals surface area contributed by atoms with Gasteiger partial charge in [-0.2, -0.15) is 0 Å². The van der Waals surface area contributed by atoms with E-state index in [1.54, 1.807) is 14.7 Å². The fraction of sp³-hybridized carbons (Fsp3) is 0.200. The van der Waals surface area contributed by atoms with Crippen LogP contribution in [0.5, 0.6) is 0 Å². The number of hydrogen-bond acceptors (Lipinski definition) is 2. The van der Waals surface area contributed by atoms with Gasteiger partial charge in [-0.15, -0.1) is 0 Å². The zero-order chi connectivity index (χ0) is 21.5. The van der Waals surface area contributed by atoms with Crippen molar-refractivity contribution in [1.29, 1.82) is 0 Å². The second kappa shape index (κ2) is 9.80. The molecule has 31 heavy (non-hydrogen) atoms. The van der Waals surface area contributed by atoms with Crippen molar-refractivity contribution in [3.8, 4) is 0 Å². The van der Waals surface area contributed by atoms with E-state index in [1.807, 2.05) is 91.0 Å². The number of carbonyl (C=O) groups is 2. The molecule has 3 aromatic carbocycles. The fourth-order valence-corrected chi connectivity index (χ4v) is 3.65. The van der Waals surface area contributed by atoms with E-state index in [0.29, 0.717) is 32.7 Å². The van der Waals surface area contributed by atoms with Gasteiger partial charge in [0, 0.05) is 32.7 Å². The Balaban J connectivity index is 1.39. The minimum Gasteiger partial charge on any atom is -0.334 e. The van der Waals surface area contributed by atoms with E-state index < -0.39 is 0 Å². The Morgan fingerprint density at radius 3 is 1.65 bits per heavy atom. The molecule has 1 aliphatic heterocycles. The second-order valence-corrected chi connectivity index (χ2v) is 7.41. The predicted octanol–water partition coefficient (Wildman–Crippen LogP) is 4.47. The first kappa shape index (κ1) is 20.5. The van der Waals surface area contributed by atoms with E-state index in [2.05, 4.69) is 5.32 Å². The van der Waals surface area contributed by atoms with Crippen LogP contribution in [0.1, 0.15) is 5.56 Å². The summed E-state index contributed by atoms with van der Waals surface area (Å²) in [6.45, 7) is 2.49. The number of anilines is 2. The molecule has 0 unspecified atom stereocenters. The molecule has 4 rings (SSSR count). The highest BCUT2D eigenvalue weighted by Crippen LogP contribution is 2.26. The summed E-state index contributed by atoms with van der Waals surface area (Å²) in [5, 5.41) is 2.96. The first-order valence-corrected chi connectivity index (χ1v) is 10.5. The van der Waals surface area contributed by atoms with Crippen molar-refractivity contribution in [3.05, 3.63) is 96.6 Å². The zero-order valence-electron chi connectivity index (χ0n) is 17.4. The van der Waals surface area contributed by atoms with Crippen molar-refractivity contribution in [3.63, 3.8) is 0 Å². The largest absolute Gasteiger partial charge is 0.334 e. The summed E-state index contributed by atoms with van der Waals surface area (Å²) in [5.41, 5.74) is 2.70. The van der Waals surface area contributed by atoms with Crippen molar-refractivity contribution in [1.82, 2.24) is 15.1 Å². The lowest BCUT2D eigenvalue weighted by Crippen LogP contribution is -2.55. The minimum absolute atomic E-state index is 0.0817. The molecule has 3 aromatic rings. The van der Waals surface area contributed by atoms with Gasteiger partial charge in [-0.3, -0.25) is 4.90 Å². The number of hydrogen-bond donors (Lipinski definition) is 1. The standard InChI is InChI=1S/C25H26N4O2/c30-24(26-20-21-10-4-1-5-11-21)27-16-18-28(19-17-27)25(31)29(22-12-6-2-7-13-22)23-14-8-3-9-15-23/h1-15H,16-20H2,(H,26,30). The molecule has 0 aliphatic carbocycles. The molecule has 0 bridgehead atoms. The van der Waals surface area contributed by atoms with Crippen LogP contribution in [0.25, 0.3) is 0 Å². The Morgan fingerprint density at radius 2 is 1.13 bits per heavy atom. The smallest absolute Gasteiger partial charge is 0.329 e. The van der Waals surface area contributed by atoms with Crippen molar-refractivity contribution >= 4 is 23.4 Å². The van der Waals surface area contributed by atoms with E-state index in [9.17, 15) is 9.59 Å². The van der Waals surface area contributed by atoms with Crippen LogP contribution in [0.3, 0.4) is 0 Å². The lowest BCUT2D eigenvalue weighted by molar-refractivity contribution is 0.147. The van der Waals surface area contributed by atoms with Gasteiger partial charge in [0.2, 0.25) is 0 Å². The van der Waals surface area contributed by atoms with Gasteiger partial charge >= 0.3 is 12.1 Å². The Morgan fingerprint density at radius 1 is 0.677 bits per heavy atom. The molecule has 1 saturated heterocycles. The molecule has 0 saturated carbocycles. The molecule has 1 aliphatic rings. The third-order valence-corrected chi connectivity index (χ3v) is 5.34. The quantitative estimate of drug-likeness (QED) is 0.685. The lowest BCUT2D eigenvalue weighted by atomic mass is 10.2. The van der Waals surface area contributed by atoms with Crippen LogP contribution in [0, 0.1) is 0 Å². The number of carbonyl (C=O) groups excluding carboxylic acids is 2. The molecule has 1 heterocycles. The summed E-state index contributed by atoms with van der Waals surface area (Å²) in [7, 11) is 0. The van der Waals surface area contributed by atoms with Crippen LogP contribution in [-0.2, 0) is 6.54 Å². The van der Waals surface area contributed by atoms with E-state index >= 15 is 0 Å². The van der Waals surface area contributed by atoms with Crippen molar-refractivity contribution < 1.29 is 9.59 Å². The maximum Gasteiger partial charge on any atom is 0.329 e. The summed E-state index contributed by atoms with van der Waals surface area (Å²) < 4.78 is 0. The van der Waals surface area contributed by atoms with Crippen molar-refractivity contribution in [2.75, 3.05) is 31.1 Å². The maximum atomic E-state index is 13.4. The average molecular weight is 415 g/mol. The molecule has 0 spiro atoms. The first-order chi connectivity index (χ1) is 15.2. The van der Waals surface area contributed by atoms with Gasteiger partial charge in [-0.25, -0.2) is 9.59 Å². The summed E-state index contributed by atoms with van der Waals surface area (Å²) in [6.07, 6.45) is 0. The Bertz CT molecular complexity index is 948. The summed E-state index contributed by atoms with van der Waals surface area (Å²) >= 11 is 0. The molecule has 0 radical (unpaired) electrons. The number of piperazine rings is 1. The molecular formula is C25H26N4O2. The number of urea groups is 2. The molecular weight excluding hydrogens is 388 g/mol. The third kappa shape index (κ3) is 5.04. The van der Waals surface area contributed by atoms with Crippen LogP contribution < -0.4 is 10.2 Å². The monoisotopic (exact) mass is 414 g/mol. The second-order valence-electron chi connectivity index (χ2n) is 7.41. The number of benzene rings is 3. The van der Waals surface area contributed by atoms with E-state index in [-0.39, 0.29) is 12.1 Å². The number of amides is 4.